The zero-order valence-electron chi connectivity index (χ0n) is 13.8. The second-order valence-corrected chi connectivity index (χ2v) is 6.42. The highest BCUT2D eigenvalue weighted by molar-refractivity contribution is 7.14. The van der Waals surface area contributed by atoms with Gasteiger partial charge in [0.2, 0.25) is 0 Å². The lowest BCUT2D eigenvalue weighted by Crippen LogP contribution is -2.25. The Hall–Kier alpha value is -1.92. The summed E-state index contributed by atoms with van der Waals surface area (Å²) < 4.78 is 5.43. The van der Waals surface area contributed by atoms with Gasteiger partial charge in [0.05, 0.1) is 6.10 Å². The van der Waals surface area contributed by atoms with Crippen molar-refractivity contribution in [2.45, 2.75) is 33.3 Å². The van der Waals surface area contributed by atoms with E-state index in [0.717, 1.165) is 12.1 Å². The number of nitrogens with one attached hydrogen (secondary N) is 2. The van der Waals surface area contributed by atoms with E-state index in [1.165, 1.54) is 16.9 Å². The van der Waals surface area contributed by atoms with E-state index in [1.54, 1.807) is 5.38 Å². The van der Waals surface area contributed by atoms with Crippen LogP contribution in [-0.2, 0) is 4.74 Å². The molecule has 5 nitrogen and oxygen atoms in total. The first-order chi connectivity index (χ1) is 11.0. The Morgan fingerprint density at radius 2 is 2.22 bits per heavy atom. The van der Waals surface area contributed by atoms with E-state index in [2.05, 4.69) is 15.6 Å². The fourth-order valence-electron chi connectivity index (χ4n) is 1.97. The van der Waals surface area contributed by atoms with Crippen molar-refractivity contribution in [3.63, 3.8) is 0 Å². The maximum absolute atomic E-state index is 12.0. The number of hydrogen-bond acceptors (Lipinski definition) is 5. The largest absolute Gasteiger partial charge is 0.379 e. The highest BCUT2D eigenvalue weighted by atomic mass is 32.1. The Labute approximate surface area is 141 Å². The fraction of sp³-hybridized carbons (Fsp3) is 0.412. The molecular formula is C17H23N3O2S. The Morgan fingerprint density at radius 3 is 2.96 bits per heavy atom. The Bertz CT molecular complexity index is 640. The van der Waals surface area contributed by atoms with E-state index in [4.69, 9.17) is 4.74 Å². The van der Waals surface area contributed by atoms with Crippen LogP contribution in [0.15, 0.2) is 29.6 Å². The van der Waals surface area contributed by atoms with Crippen molar-refractivity contribution in [3.8, 4) is 0 Å². The van der Waals surface area contributed by atoms with Crippen molar-refractivity contribution < 1.29 is 9.53 Å². The predicted octanol–water partition coefficient (Wildman–Crippen LogP) is 3.74. The number of thiazole rings is 1. The molecule has 0 spiro atoms. The van der Waals surface area contributed by atoms with Gasteiger partial charge in [0.15, 0.2) is 5.13 Å². The van der Waals surface area contributed by atoms with Crippen LogP contribution in [0.5, 0.6) is 0 Å². The number of hydrogen-bond donors (Lipinski definition) is 2. The van der Waals surface area contributed by atoms with Gasteiger partial charge in [0, 0.05) is 24.2 Å². The van der Waals surface area contributed by atoms with Crippen LogP contribution in [0.4, 0.5) is 10.8 Å². The average Bonchev–Trinajstić information content (AvgIpc) is 2.95. The van der Waals surface area contributed by atoms with Crippen molar-refractivity contribution in [2.75, 3.05) is 18.5 Å². The van der Waals surface area contributed by atoms with Crippen LogP contribution in [0.25, 0.3) is 0 Å². The molecule has 0 unspecified atom stereocenters. The van der Waals surface area contributed by atoms with E-state index in [-0.39, 0.29) is 12.0 Å². The standard InChI is InChI=1S/C17H23N3O2S/c1-12(2)22-9-5-8-18-16(21)15-11-23-17(20-15)19-14-7-4-6-13(3)10-14/h4,6-7,10-12H,5,8-9H2,1-3H3,(H,18,21)(H,19,20). The van der Waals surface area contributed by atoms with Gasteiger partial charge >= 0.3 is 0 Å². The number of anilines is 2. The summed E-state index contributed by atoms with van der Waals surface area (Å²) >= 11 is 1.42. The molecule has 0 radical (unpaired) electrons. The van der Waals surface area contributed by atoms with Gasteiger partial charge in [-0.1, -0.05) is 12.1 Å². The number of aryl methyl sites for hydroxylation is 1. The summed E-state index contributed by atoms with van der Waals surface area (Å²) in [5.41, 5.74) is 2.58. The molecule has 0 saturated heterocycles. The lowest BCUT2D eigenvalue weighted by atomic mass is 10.2. The third kappa shape index (κ3) is 6.00. The van der Waals surface area contributed by atoms with Gasteiger partial charge in [-0.2, -0.15) is 0 Å². The van der Waals surface area contributed by atoms with Crippen LogP contribution in [0.2, 0.25) is 0 Å². The molecule has 0 fully saturated rings. The summed E-state index contributed by atoms with van der Waals surface area (Å²) in [7, 11) is 0. The van der Waals surface area contributed by atoms with Gasteiger partial charge in [0.1, 0.15) is 5.69 Å². The zero-order chi connectivity index (χ0) is 16.7. The van der Waals surface area contributed by atoms with E-state index in [0.29, 0.717) is 24.0 Å². The number of benzene rings is 1. The zero-order valence-corrected chi connectivity index (χ0v) is 14.6. The minimum absolute atomic E-state index is 0.150. The number of aromatic nitrogens is 1. The number of carbonyl (C=O) groups is 1. The highest BCUT2D eigenvalue weighted by Gasteiger charge is 2.10. The third-order valence-electron chi connectivity index (χ3n) is 3.06. The molecular weight excluding hydrogens is 310 g/mol. The lowest BCUT2D eigenvalue weighted by molar-refractivity contribution is 0.0756. The van der Waals surface area contributed by atoms with Gasteiger partial charge < -0.3 is 15.4 Å². The molecule has 1 aromatic heterocycles. The summed E-state index contributed by atoms with van der Waals surface area (Å²) in [5, 5.41) is 8.55. The molecule has 124 valence electrons. The lowest BCUT2D eigenvalue weighted by Gasteiger charge is -2.07. The van der Waals surface area contributed by atoms with Gasteiger partial charge in [0.25, 0.3) is 5.91 Å². The monoisotopic (exact) mass is 333 g/mol. The summed E-state index contributed by atoms with van der Waals surface area (Å²) in [6, 6.07) is 8.03. The van der Waals surface area contributed by atoms with Crippen LogP contribution >= 0.6 is 11.3 Å². The molecule has 2 rings (SSSR count). The molecule has 0 atom stereocenters. The molecule has 23 heavy (non-hydrogen) atoms. The molecule has 0 saturated carbocycles. The molecule has 1 heterocycles. The summed E-state index contributed by atoms with van der Waals surface area (Å²) in [6.45, 7) is 7.26. The Kier molecular flexibility index (Phi) is 6.55. The van der Waals surface area contributed by atoms with Crippen LogP contribution < -0.4 is 10.6 Å². The normalized spacial score (nSPS) is 10.8. The van der Waals surface area contributed by atoms with Crippen molar-refractivity contribution in [3.05, 3.63) is 40.9 Å². The molecule has 0 bridgehead atoms. The fourth-order valence-corrected chi connectivity index (χ4v) is 2.68. The quantitative estimate of drug-likeness (QED) is 0.722. The van der Waals surface area contributed by atoms with Gasteiger partial charge in [-0.3, -0.25) is 4.79 Å². The minimum atomic E-state index is -0.150. The molecule has 0 aliphatic carbocycles. The Morgan fingerprint density at radius 1 is 1.39 bits per heavy atom. The second-order valence-electron chi connectivity index (χ2n) is 5.56. The topological polar surface area (TPSA) is 63.2 Å². The Balaban J connectivity index is 1.80. The minimum Gasteiger partial charge on any atom is -0.379 e. The predicted molar refractivity (Wildman–Crippen MR) is 94.6 cm³/mol. The molecule has 1 amide bonds. The smallest absolute Gasteiger partial charge is 0.270 e. The molecule has 2 aromatic rings. The van der Waals surface area contributed by atoms with Crippen LogP contribution in [0.3, 0.4) is 0 Å². The highest BCUT2D eigenvalue weighted by Crippen LogP contribution is 2.21. The number of carbonyl (C=O) groups excluding carboxylic acids is 1. The van der Waals surface area contributed by atoms with Crippen LogP contribution in [0, 0.1) is 6.92 Å². The molecule has 6 heteroatoms. The average molecular weight is 333 g/mol. The van der Waals surface area contributed by atoms with Crippen molar-refractivity contribution in [1.82, 2.24) is 10.3 Å². The second kappa shape index (κ2) is 8.64. The van der Waals surface area contributed by atoms with E-state index in [9.17, 15) is 4.79 Å². The van der Waals surface area contributed by atoms with Gasteiger partial charge in [-0.25, -0.2) is 4.98 Å². The first-order valence-electron chi connectivity index (χ1n) is 7.73. The van der Waals surface area contributed by atoms with E-state index >= 15 is 0 Å². The van der Waals surface area contributed by atoms with Crippen molar-refractivity contribution in [2.24, 2.45) is 0 Å². The number of amides is 1. The molecule has 1 aromatic carbocycles. The van der Waals surface area contributed by atoms with Crippen LogP contribution in [-0.4, -0.2) is 30.1 Å². The van der Waals surface area contributed by atoms with Crippen LogP contribution in [0.1, 0.15) is 36.3 Å². The first kappa shape index (κ1) is 17.4. The maximum atomic E-state index is 12.0. The number of rotatable bonds is 8. The third-order valence-corrected chi connectivity index (χ3v) is 3.82. The van der Waals surface area contributed by atoms with E-state index in [1.807, 2.05) is 45.0 Å². The van der Waals surface area contributed by atoms with Crippen molar-refractivity contribution >= 4 is 28.1 Å². The van der Waals surface area contributed by atoms with Gasteiger partial charge in [-0.05, 0) is 44.9 Å². The summed E-state index contributed by atoms with van der Waals surface area (Å²) in [6.07, 6.45) is 1.02. The molecule has 2 N–H and O–H groups in total. The molecule has 0 aliphatic rings. The maximum Gasteiger partial charge on any atom is 0.270 e. The number of ether oxygens (including phenoxy) is 1. The molecule has 0 aliphatic heterocycles. The number of nitrogens with zero attached hydrogens (tertiary/aromatic N) is 1. The van der Waals surface area contributed by atoms with Gasteiger partial charge in [-0.15, -0.1) is 11.3 Å². The SMILES string of the molecule is Cc1cccc(Nc2nc(C(=O)NCCCOC(C)C)cs2)c1. The van der Waals surface area contributed by atoms with E-state index < -0.39 is 0 Å². The first-order valence-corrected chi connectivity index (χ1v) is 8.61. The summed E-state index contributed by atoms with van der Waals surface area (Å²) in [5.74, 6) is -0.150. The summed E-state index contributed by atoms with van der Waals surface area (Å²) in [4.78, 5) is 16.4. The van der Waals surface area contributed by atoms with Crippen molar-refractivity contribution in [1.29, 1.82) is 0 Å².